The molecule has 1 heterocycles. The molecule has 0 aliphatic rings. The van der Waals surface area contributed by atoms with Crippen LogP contribution < -0.4 is 5.32 Å². The number of likely N-dealkylation sites (N-methyl/N-ethyl adjacent to an activating group) is 1. The van der Waals surface area contributed by atoms with Crippen molar-refractivity contribution >= 4 is 17.5 Å². The van der Waals surface area contributed by atoms with E-state index in [1.165, 1.54) is 0 Å². The number of nitrogens with one attached hydrogen (secondary N) is 1. The lowest BCUT2D eigenvalue weighted by atomic mass is 10.2. The zero-order valence-electron chi connectivity index (χ0n) is 14.6. The van der Waals surface area contributed by atoms with Gasteiger partial charge in [-0.2, -0.15) is 0 Å². The van der Waals surface area contributed by atoms with Crippen molar-refractivity contribution in [1.82, 2.24) is 25.2 Å². The van der Waals surface area contributed by atoms with E-state index >= 15 is 0 Å². The van der Waals surface area contributed by atoms with Gasteiger partial charge in [-0.1, -0.05) is 36.7 Å². The molecule has 130 valence electrons. The number of nitrogens with zero attached hydrogens (tertiary/aromatic N) is 4. The Kier molecular flexibility index (Phi) is 6.34. The van der Waals surface area contributed by atoms with Crippen molar-refractivity contribution < 1.29 is 4.79 Å². The number of aryl methyl sites for hydroxylation is 1. The van der Waals surface area contributed by atoms with Gasteiger partial charge in [-0.15, -0.1) is 5.10 Å². The van der Waals surface area contributed by atoms with Crippen LogP contribution in [0.25, 0.3) is 5.69 Å². The average Bonchev–Trinajstić information content (AvgIpc) is 2.95. The van der Waals surface area contributed by atoms with Gasteiger partial charge >= 0.3 is 0 Å². The monoisotopic (exact) mass is 349 g/mol. The van der Waals surface area contributed by atoms with Crippen LogP contribution in [0.4, 0.5) is 0 Å². The highest BCUT2D eigenvalue weighted by Gasteiger charge is 2.17. The molecular formula is C17H24ClN5O. The molecule has 0 bridgehead atoms. The summed E-state index contributed by atoms with van der Waals surface area (Å²) < 4.78 is 1.63. The summed E-state index contributed by atoms with van der Waals surface area (Å²) in [6, 6.07) is 5.65. The Labute approximate surface area is 147 Å². The van der Waals surface area contributed by atoms with E-state index in [9.17, 15) is 4.79 Å². The fourth-order valence-corrected chi connectivity index (χ4v) is 2.62. The highest BCUT2D eigenvalue weighted by Crippen LogP contribution is 2.20. The molecule has 0 unspecified atom stereocenters. The Morgan fingerprint density at radius 1 is 1.29 bits per heavy atom. The fourth-order valence-electron chi connectivity index (χ4n) is 2.45. The number of rotatable bonds is 7. The SMILES string of the molecule is CCN(CC)CCNC(=O)c1nnn(-c2ccc(C)c(Cl)c2)c1C. The molecule has 0 spiro atoms. The van der Waals surface area contributed by atoms with E-state index in [-0.39, 0.29) is 5.91 Å². The summed E-state index contributed by atoms with van der Waals surface area (Å²) in [5.74, 6) is -0.205. The molecule has 2 aromatic rings. The summed E-state index contributed by atoms with van der Waals surface area (Å²) in [5, 5.41) is 11.7. The second-order valence-corrected chi connectivity index (χ2v) is 6.06. The van der Waals surface area contributed by atoms with E-state index in [1.807, 2.05) is 32.0 Å². The lowest BCUT2D eigenvalue weighted by Crippen LogP contribution is -2.35. The van der Waals surface area contributed by atoms with Crippen LogP contribution in [0.5, 0.6) is 0 Å². The van der Waals surface area contributed by atoms with Gasteiger partial charge in [-0.3, -0.25) is 4.79 Å². The second kappa shape index (κ2) is 8.26. The molecule has 0 atom stereocenters. The van der Waals surface area contributed by atoms with Crippen molar-refractivity contribution in [2.45, 2.75) is 27.7 Å². The van der Waals surface area contributed by atoms with Gasteiger partial charge in [0.2, 0.25) is 0 Å². The second-order valence-electron chi connectivity index (χ2n) is 5.65. The number of aromatic nitrogens is 3. The first kappa shape index (κ1) is 18.4. The zero-order chi connectivity index (χ0) is 17.7. The normalized spacial score (nSPS) is 11.1. The molecule has 6 nitrogen and oxygen atoms in total. The van der Waals surface area contributed by atoms with Crippen molar-refractivity contribution in [2.75, 3.05) is 26.2 Å². The Hall–Kier alpha value is -1.92. The molecular weight excluding hydrogens is 326 g/mol. The molecule has 0 aliphatic heterocycles. The van der Waals surface area contributed by atoms with Gasteiger partial charge in [0.1, 0.15) is 0 Å². The van der Waals surface area contributed by atoms with E-state index in [4.69, 9.17) is 11.6 Å². The van der Waals surface area contributed by atoms with Crippen molar-refractivity contribution in [3.63, 3.8) is 0 Å². The Morgan fingerprint density at radius 2 is 2.00 bits per heavy atom. The first-order chi connectivity index (χ1) is 11.5. The predicted molar refractivity (Wildman–Crippen MR) is 96.0 cm³/mol. The van der Waals surface area contributed by atoms with Gasteiger partial charge in [0, 0.05) is 18.1 Å². The molecule has 0 radical (unpaired) electrons. The number of benzene rings is 1. The maximum absolute atomic E-state index is 12.3. The number of carbonyl (C=O) groups is 1. The van der Waals surface area contributed by atoms with Crippen LogP contribution >= 0.6 is 11.6 Å². The lowest BCUT2D eigenvalue weighted by molar-refractivity contribution is 0.0943. The molecule has 1 amide bonds. The standard InChI is InChI=1S/C17H24ClN5O/c1-5-22(6-2)10-9-19-17(24)16-13(4)23(21-20-16)14-8-7-12(3)15(18)11-14/h7-8,11H,5-6,9-10H2,1-4H3,(H,19,24). The molecule has 2 rings (SSSR count). The number of carbonyl (C=O) groups excluding carboxylic acids is 1. The summed E-state index contributed by atoms with van der Waals surface area (Å²) in [7, 11) is 0. The largest absolute Gasteiger partial charge is 0.349 e. The lowest BCUT2D eigenvalue weighted by Gasteiger charge is -2.17. The number of hydrogen-bond donors (Lipinski definition) is 1. The molecule has 0 saturated carbocycles. The highest BCUT2D eigenvalue weighted by molar-refractivity contribution is 6.31. The molecule has 1 N–H and O–H groups in total. The molecule has 24 heavy (non-hydrogen) atoms. The van der Waals surface area contributed by atoms with Gasteiger partial charge in [0.15, 0.2) is 5.69 Å². The topological polar surface area (TPSA) is 63.1 Å². The molecule has 7 heteroatoms. The molecule has 1 aromatic carbocycles. The molecule has 0 aliphatic carbocycles. The van der Waals surface area contributed by atoms with E-state index in [2.05, 4.69) is 34.4 Å². The summed E-state index contributed by atoms with van der Waals surface area (Å²) >= 11 is 6.17. The van der Waals surface area contributed by atoms with Gasteiger partial charge in [0.05, 0.1) is 11.4 Å². The van der Waals surface area contributed by atoms with Crippen LogP contribution in [0.1, 0.15) is 35.6 Å². The van der Waals surface area contributed by atoms with E-state index in [1.54, 1.807) is 4.68 Å². The highest BCUT2D eigenvalue weighted by atomic mass is 35.5. The minimum Gasteiger partial charge on any atom is -0.349 e. The van der Waals surface area contributed by atoms with Gasteiger partial charge in [0.25, 0.3) is 5.91 Å². The molecule has 0 saturated heterocycles. The van der Waals surface area contributed by atoms with Gasteiger partial charge < -0.3 is 10.2 Å². The van der Waals surface area contributed by atoms with Crippen molar-refractivity contribution in [3.8, 4) is 5.69 Å². The number of hydrogen-bond acceptors (Lipinski definition) is 4. The Bertz CT molecular complexity index is 709. The van der Waals surface area contributed by atoms with Crippen LogP contribution in [0.2, 0.25) is 5.02 Å². The fraction of sp³-hybridized carbons (Fsp3) is 0.471. The summed E-state index contributed by atoms with van der Waals surface area (Å²) in [6.07, 6.45) is 0. The van der Waals surface area contributed by atoms with E-state index in [0.717, 1.165) is 30.9 Å². The van der Waals surface area contributed by atoms with E-state index < -0.39 is 0 Å². The summed E-state index contributed by atoms with van der Waals surface area (Å²) in [6.45, 7) is 11.3. The van der Waals surface area contributed by atoms with Crippen LogP contribution in [0.3, 0.4) is 0 Å². The maximum Gasteiger partial charge on any atom is 0.273 e. The Morgan fingerprint density at radius 3 is 2.62 bits per heavy atom. The third kappa shape index (κ3) is 4.13. The van der Waals surface area contributed by atoms with Gasteiger partial charge in [-0.05, 0) is 44.6 Å². The van der Waals surface area contributed by atoms with Crippen molar-refractivity contribution in [3.05, 3.63) is 40.2 Å². The van der Waals surface area contributed by atoms with Crippen LogP contribution in [-0.2, 0) is 0 Å². The predicted octanol–water partition coefficient (Wildman–Crippen LogP) is 2.61. The third-order valence-electron chi connectivity index (χ3n) is 4.12. The van der Waals surface area contributed by atoms with Crippen LogP contribution in [0, 0.1) is 13.8 Å². The number of amides is 1. The minimum atomic E-state index is -0.205. The van der Waals surface area contributed by atoms with Crippen LogP contribution in [0.15, 0.2) is 18.2 Å². The molecule has 0 fully saturated rings. The minimum absolute atomic E-state index is 0.205. The first-order valence-electron chi connectivity index (χ1n) is 8.17. The maximum atomic E-state index is 12.3. The van der Waals surface area contributed by atoms with E-state index in [0.29, 0.717) is 23.0 Å². The summed E-state index contributed by atoms with van der Waals surface area (Å²) in [4.78, 5) is 14.6. The average molecular weight is 350 g/mol. The smallest absolute Gasteiger partial charge is 0.273 e. The van der Waals surface area contributed by atoms with Crippen molar-refractivity contribution in [1.29, 1.82) is 0 Å². The van der Waals surface area contributed by atoms with Gasteiger partial charge in [-0.25, -0.2) is 4.68 Å². The zero-order valence-corrected chi connectivity index (χ0v) is 15.4. The molecule has 1 aromatic heterocycles. The third-order valence-corrected chi connectivity index (χ3v) is 4.52. The number of halogens is 1. The summed E-state index contributed by atoms with van der Waals surface area (Å²) in [5.41, 5.74) is 2.81. The first-order valence-corrected chi connectivity index (χ1v) is 8.55. The van der Waals surface area contributed by atoms with Crippen molar-refractivity contribution in [2.24, 2.45) is 0 Å². The Balaban J connectivity index is 2.08. The quantitative estimate of drug-likeness (QED) is 0.834. The van der Waals surface area contributed by atoms with Crippen LogP contribution in [-0.4, -0.2) is 52.0 Å².